The van der Waals surface area contributed by atoms with E-state index in [4.69, 9.17) is 11.6 Å². The fourth-order valence-corrected chi connectivity index (χ4v) is 1.51. The van der Waals surface area contributed by atoms with Crippen molar-refractivity contribution in [2.75, 3.05) is 11.8 Å². The van der Waals surface area contributed by atoms with Crippen LogP contribution in [0.5, 0.6) is 5.75 Å². The smallest absolute Gasteiger partial charge is 0.298 e. The van der Waals surface area contributed by atoms with Gasteiger partial charge in [-0.2, -0.15) is 8.42 Å². The van der Waals surface area contributed by atoms with E-state index in [1.807, 2.05) is 4.72 Å². The highest BCUT2D eigenvalue weighted by Crippen LogP contribution is 2.26. The van der Waals surface area contributed by atoms with Gasteiger partial charge in [0.15, 0.2) is 0 Å². The lowest BCUT2D eigenvalue weighted by molar-refractivity contribution is 0.477. The molecule has 0 aliphatic rings. The highest BCUT2D eigenvalue weighted by molar-refractivity contribution is 7.90. The first-order chi connectivity index (χ1) is 6.44. The van der Waals surface area contributed by atoms with Gasteiger partial charge in [0.1, 0.15) is 5.75 Å². The van der Waals surface area contributed by atoms with Gasteiger partial charge in [0, 0.05) is 12.1 Å². The van der Waals surface area contributed by atoms with E-state index in [0.717, 1.165) is 0 Å². The highest BCUT2D eigenvalue weighted by Gasteiger charge is 2.09. The summed E-state index contributed by atoms with van der Waals surface area (Å²) in [6.07, 6.45) is 0. The van der Waals surface area contributed by atoms with Crippen LogP contribution >= 0.6 is 11.6 Å². The second-order valence-electron chi connectivity index (χ2n) is 2.47. The maximum absolute atomic E-state index is 11.1. The number of hydrogen-bond acceptors (Lipinski definition) is 3. The molecule has 0 fully saturated rings. The van der Waals surface area contributed by atoms with Gasteiger partial charge in [0.05, 0.1) is 5.69 Å². The predicted molar refractivity (Wildman–Crippen MR) is 54.7 cm³/mol. The fraction of sp³-hybridized carbons (Fsp3) is 0.143. The summed E-state index contributed by atoms with van der Waals surface area (Å²) >= 11 is 5.62. The number of aromatic hydroxyl groups is 1. The lowest BCUT2D eigenvalue weighted by atomic mass is 10.3. The van der Waals surface area contributed by atoms with Crippen molar-refractivity contribution in [3.05, 3.63) is 23.2 Å². The number of anilines is 1. The minimum Gasteiger partial charge on any atom is -0.506 e. The van der Waals surface area contributed by atoms with Crippen LogP contribution in [0.15, 0.2) is 18.2 Å². The van der Waals surface area contributed by atoms with Gasteiger partial charge >= 0.3 is 0 Å². The minimum absolute atomic E-state index is 0.0341. The molecule has 7 heteroatoms. The van der Waals surface area contributed by atoms with Gasteiger partial charge in [-0.05, 0) is 18.2 Å². The largest absolute Gasteiger partial charge is 0.506 e. The lowest BCUT2D eigenvalue weighted by Crippen LogP contribution is -2.26. The van der Waals surface area contributed by atoms with E-state index in [1.165, 1.54) is 25.2 Å². The summed E-state index contributed by atoms with van der Waals surface area (Å²) < 4.78 is 26.3. The summed E-state index contributed by atoms with van der Waals surface area (Å²) in [7, 11) is -2.38. The Morgan fingerprint density at radius 3 is 2.64 bits per heavy atom. The molecular weight excluding hydrogens is 228 g/mol. The van der Waals surface area contributed by atoms with E-state index in [1.54, 1.807) is 0 Å². The first kappa shape index (κ1) is 11.1. The zero-order valence-electron chi connectivity index (χ0n) is 7.28. The van der Waals surface area contributed by atoms with E-state index in [0.29, 0.717) is 5.02 Å². The molecule has 0 aromatic heterocycles. The summed E-state index contributed by atoms with van der Waals surface area (Å²) in [5.41, 5.74) is 0.0341. The average molecular weight is 237 g/mol. The molecule has 1 aromatic carbocycles. The van der Waals surface area contributed by atoms with Crippen LogP contribution in [0.2, 0.25) is 5.02 Å². The van der Waals surface area contributed by atoms with Crippen molar-refractivity contribution in [2.24, 2.45) is 0 Å². The molecule has 0 aliphatic carbocycles. The molecule has 0 amide bonds. The molecule has 0 bridgehead atoms. The SMILES string of the molecule is CNS(=O)(=O)Nc1cc(Cl)ccc1O. The van der Waals surface area contributed by atoms with Crippen molar-refractivity contribution < 1.29 is 13.5 Å². The van der Waals surface area contributed by atoms with Crippen LogP contribution in [-0.2, 0) is 10.2 Å². The molecule has 0 spiro atoms. The number of phenolic OH excluding ortho intramolecular Hbond substituents is 1. The summed E-state index contributed by atoms with van der Waals surface area (Å²) in [5, 5.41) is 9.61. The number of rotatable bonds is 3. The van der Waals surface area contributed by atoms with Crippen LogP contribution in [-0.4, -0.2) is 20.6 Å². The Kier molecular flexibility index (Phi) is 3.20. The topological polar surface area (TPSA) is 78.4 Å². The van der Waals surface area contributed by atoms with E-state index in [-0.39, 0.29) is 11.4 Å². The average Bonchev–Trinajstić information content (AvgIpc) is 2.11. The third kappa shape index (κ3) is 2.76. The highest BCUT2D eigenvalue weighted by atomic mass is 35.5. The van der Waals surface area contributed by atoms with Crippen molar-refractivity contribution in [1.29, 1.82) is 0 Å². The summed E-state index contributed by atoms with van der Waals surface area (Å²) in [6, 6.07) is 4.07. The minimum atomic E-state index is -3.63. The van der Waals surface area contributed by atoms with Crippen molar-refractivity contribution in [3.8, 4) is 5.75 Å². The van der Waals surface area contributed by atoms with Crippen LogP contribution in [0.1, 0.15) is 0 Å². The monoisotopic (exact) mass is 236 g/mol. The second kappa shape index (κ2) is 4.04. The number of benzene rings is 1. The second-order valence-corrected chi connectivity index (χ2v) is 4.53. The van der Waals surface area contributed by atoms with E-state index in [2.05, 4.69) is 4.72 Å². The summed E-state index contributed by atoms with van der Waals surface area (Å²) in [4.78, 5) is 0. The van der Waals surface area contributed by atoms with Gasteiger partial charge in [-0.3, -0.25) is 4.72 Å². The van der Waals surface area contributed by atoms with Crippen LogP contribution in [0.4, 0.5) is 5.69 Å². The normalized spacial score (nSPS) is 11.3. The molecule has 0 atom stereocenters. The standard InChI is InChI=1S/C7H9ClN2O3S/c1-9-14(12,13)10-6-4-5(8)2-3-7(6)11/h2-4,9-11H,1H3. The zero-order valence-corrected chi connectivity index (χ0v) is 8.85. The van der Waals surface area contributed by atoms with Crippen LogP contribution in [0.3, 0.4) is 0 Å². The Labute approximate surface area is 86.9 Å². The first-order valence-corrected chi connectivity index (χ1v) is 5.50. The first-order valence-electron chi connectivity index (χ1n) is 3.64. The molecule has 0 radical (unpaired) electrons. The van der Waals surface area contributed by atoms with E-state index in [9.17, 15) is 13.5 Å². The molecular formula is C7H9ClN2O3S. The molecule has 3 N–H and O–H groups in total. The number of phenols is 1. The lowest BCUT2D eigenvalue weighted by Gasteiger charge is -2.08. The molecule has 0 aliphatic heterocycles. The molecule has 0 saturated carbocycles. The predicted octanol–water partition coefficient (Wildman–Crippen LogP) is 0.922. The van der Waals surface area contributed by atoms with Gasteiger partial charge in [0.25, 0.3) is 10.2 Å². The summed E-state index contributed by atoms with van der Waals surface area (Å²) in [6.45, 7) is 0. The Morgan fingerprint density at radius 2 is 2.07 bits per heavy atom. The van der Waals surface area contributed by atoms with Crippen LogP contribution < -0.4 is 9.44 Å². The Hall–Kier alpha value is -0.980. The van der Waals surface area contributed by atoms with Gasteiger partial charge in [0.2, 0.25) is 0 Å². The van der Waals surface area contributed by atoms with Gasteiger partial charge in [-0.15, -0.1) is 0 Å². The molecule has 14 heavy (non-hydrogen) atoms. The molecule has 0 saturated heterocycles. The molecule has 5 nitrogen and oxygen atoms in total. The van der Waals surface area contributed by atoms with E-state index >= 15 is 0 Å². The molecule has 1 aromatic rings. The maximum atomic E-state index is 11.1. The Morgan fingerprint density at radius 1 is 1.43 bits per heavy atom. The molecule has 1 rings (SSSR count). The third-order valence-electron chi connectivity index (χ3n) is 1.47. The van der Waals surface area contributed by atoms with Gasteiger partial charge < -0.3 is 5.11 Å². The Bertz CT molecular complexity index is 433. The molecule has 78 valence electrons. The molecule has 0 unspecified atom stereocenters. The maximum Gasteiger partial charge on any atom is 0.298 e. The third-order valence-corrected chi connectivity index (χ3v) is 2.73. The van der Waals surface area contributed by atoms with Crippen molar-refractivity contribution in [3.63, 3.8) is 0 Å². The van der Waals surface area contributed by atoms with Crippen LogP contribution in [0, 0.1) is 0 Å². The van der Waals surface area contributed by atoms with Crippen molar-refractivity contribution in [1.82, 2.24) is 4.72 Å². The number of nitrogens with one attached hydrogen (secondary N) is 2. The fourth-order valence-electron chi connectivity index (χ4n) is 0.786. The molecule has 0 heterocycles. The quantitative estimate of drug-likeness (QED) is 0.683. The zero-order chi connectivity index (χ0) is 10.8. The van der Waals surface area contributed by atoms with Crippen molar-refractivity contribution >= 4 is 27.5 Å². The van der Waals surface area contributed by atoms with Crippen LogP contribution in [0.25, 0.3) is 0 Å². The van der Waals surface area contributed by atoms with E-state index < -0.39 is 10.2 Å². The number of hydrogen-bond donors (Lipinski definition) is 3. The van der Waals surface area contributed by atoms with Gasteiger partial charge in [-0.25, -0.2) is 4.72 Å². The van der Waals surface area contributed by atoms with Gasteiger partial charge in [-0.1, -0.05) is 11.6 Å². The Balaban J connectivity index is 3.03. The number of halogens is 1. The summed E-state index contributed by atoms with van der Waals surface area (Å²) in [5.74, 6) is -0.187. The van der Waals surface area contributed by atoms with Crippen molar-refractivity contribution in [2.45, 2.75) is 0 Å².